The molecule has 2 saturated heterocycles. The Morgan fingerprint density at radius 3 is 2.40 bits per heavy atom. The van der Waals surface area contributed by atoms with E-state index >= 15 is 0 Å². The molecule has 2 N–H and O–H groups in total. The molecule has 0 radical (unpaired) electrons. The van der Waals surface area contributed by atoms with Gasteiger partial charge in [-0.25, -0.2) is 4.79 Å². The van der Waals surface area contributed by atoms with Crippen molar-refractivity contribution in [3.05, 3.63) is 29.3 Å². The molecule has 0 unspecified atom stereocenters. The molecule has 7 nitrogen and oxygen atoms in total. The Morgan fingerprint density at radius 2 is 1.84 bits per heavy atom. The molecule has 1 aromatic rings. The van der Waals surface area contributed by atoms with Gasteiger partial charge in [0.05, 0.1) is 11.5 Å². The molecule has 1 atom stereocenters. The van der Waals surface area contributed by atoms with Gasteiger partial charge in [0.15, 0.2) is 0 Å². The number of halogens is 1. The molecule has 2 aliphatic rings. The second kappa shape index (κ2) is 6.55. The van der Waals surface area contributed by atoms with Crippen molar-refractivity contribution in [1.29, 1.82) is 0 Å². The fraction of sp³-hybridized carbons (Fsp3) is 0.471. The van der Waals surface area contributed by atoms with Gasteiger partial charge in [0.1, 0.15) is 0 Å². The standard InChI is InChI=1S/C17H20ClN3O4/c1-20-14(22)10-13(15(23)24)17(20)6-8-21(9-7-17)16(25)19-12-4-2-11(18)3-5-12/h2-5,13H,6-10H2,1H3,(H,19,25)(H,23,24)/t13-/m1/s1. The number of anilines is 1. The number of likely N-dealkylation sites (tertiary alicyclic amines) is 2. The lowest BCUT2D eigenvalue weighted by molar-refractivity contribution is -0.145. The molecule has 0 saturated carbocycles. The largest absolute Gasteiger partial charge is 0.481 e. The fourth-order valence-corrected chi connectivity index (χ4v) is 3.94. The topological polar surface area (TPSA) is 90.0 Å². The van der Waals surface area contributed by atoms with Crippen LogP contribution in [0.1, 0.15) is 19.3 Å². The Balaban J connectivity index is 1.66. The highest BCUT2D eigenvalue weighted by molar-refractivity contribution is 6.30. The number of carbonyl (C=O) groups is 3. The number of carbonyl (C=O) groups excluding carboxylic acids is 2. The summed E-state index contributed by atoms with van der Waals surface area (Å²) in [5, 5.41) is 12.9. The first-order valence-electron chi connectivity index (χ1n) is 8.14. The molecule has 134 valence electrons. The number of benzene rings is 1. The Hall–Kier alpha value is -2.28. The molecule has 0 aromatic heterocycles. The van der Waals surface area contributed by atoms with Gasteiger partial charge in [0.25, 0.3) is 0 Å². The van der Waals surface area contributed by atoms with Crippen LogP contribution in [0.25, 0.3) is 0 Å². The Kier molecular flexibility index (Phi) is 4.60. The van der Waals surface area contributed by atoms with E-state index in [1.165, 1.54) is 0 Å². The van der Waals surface area contributed by atoms with Gasteiger partial charge in [-0.1, -0.05) is 11.6 Å². The minimum atomic E-state index is -0.947. The maximum atomic E-state index is 12.4. The van der Waals surface area contributed by atoms with Crippen LogP contribution < -0.4 is 5.32 Å². The van der Waals surface area contributed by atoms with E-state index in [0.717, 1.165) is 0 Å². The molecule has 0 bridgehead atoms. The monoisotopic (exact) mass is 365 g/mol. The van der Waals surface area contributed by atoms with E-state index in [-0.39, 0.29) is 18.4 Å². The molecule has 2 heterocycles. The summed E-state index contributed by atoms with van der Waals surface area (Å²) in [6.45, 7) is 0.807. The van der Waals surface area contributed by atoms with Crippen LogP contribution in [0.15, 0.2) is 24.3 Å². The number of amides is 3. The molecule has 1 aromatic carbocycles. The van der Waals surface area contributed by atoms with Crippen LogP contribution in [0.3, 0.4) is 0 Å². The summed E-state index contributed by atoms with van der Waals surface area (Å²) in [5.74, 6) is -1.81. The van der Waals surface area contributed by atoms with Crippen molar-refractivity contribution < 1.29 is 19.5 Å². The highest BCUT2D eigenvalue weighted by Crippen LogP contribution is 2.42. The van der Waals surface area contributed by atoms with Gasteiger partial charge in [0.2, 0.25) is 5.91 Å². The number of hydrogen-bond donors (Lipinski definition) is 2. The smallest absolute Gasteiger partial charge is 0.321 e. The number of urea groups is 1. The maximum Gasteiger partial charge on any atom is 0.321 e. The molecule has 3 rings (SSSR count). The summed E-state index contributed by atoms with van der Waals surface area (Å²) in [6.07, 6.45) is 0.948. The van der Waals surface area contributed by atoms with Crippen LogP contribution >= 0.6 is 11.6 Å². The Bertz CT molecular complexity index is 698. The molecule has 0 aliphatic carbocycles. The van der Waals surface area contributed by atoms with E-state index in [4.69, 9.17) is 11.6 Å². The molecule has 1 spiro atoms. The van der Waals surface area contributed by atoms with Crippen LogP contribution in [0, 0.1) is 5.92 Å². The molecule has 8 heteroatoms. The number of nitrogens with one attached hydrogen (secondary N) is 1. The van der Waals surface area contributed by atoms with E-state index in [9.17, 15) is 19.5 Å². The summed E-state index contributed by atoms with van der Waals surface area (Å²) in [4.78, 5) is 39.2. The minimum Gasteiger partial charge on any atom is -0.481 e. The third kappa shape index (κ3) is 3.16. The quantitative estimate of drug-likeness (QED) is 0.841. The molecule has 2 aliphatic heterocycles. The van der Waals surface area contributed by atoms with Crippen molar-refractivity contribution in [2.24, 2.45) is 5.92 Å². The predicted octanol–water partition coefficient (Wildman–Crippen LogP) is 2.27. The lowest BCUT2D eigenvalue weighted by Crippen LogP contribution is -2.57. The minimum absolute atomic E-state index is 0.0306. The zero-order valence-corrected chi connectivity index (χ0v) is 14.6. The summed E-state index contributed by atoms with van der Waals surface area (Å²) < 4.78 is 0. The Morgan fingerprint density at radius 1 is 1.24 bits per heavy atom. The summed E-state index contributed by atoms with van der Waals surface area (Å²) in [6, 6.07) is 6.58. The predicted molar refractivity (Wildman–Crippen MR) is 92.5 cm³/mol. The second-order valence-electron chi connectivity index (χ2n) is 6.58. The van der Waals surface area contributed by atoms with Gasteiger partial charge < -0.3 is 20.2 Å². The van der Waals surface area contributed by atoms with E-state index in [0.29, 0.717) is 36.6 Å². The van der Waals surface area contributed by atoms with Crippen molar-refractivity contribution in [3.63, 3.8) is 0 Å². The van der Waals surface area contributed by atoms with E-state index < -0.39 is 17.4 Å². The first-order valence-corrected chi connectivity index (χ1v) is 8.52. The maximum absolute atomic E-state index is 12.4. The number of aliphatic carboxylic acids is 1. The van der Waals surface area contributed by atoms with E-state index in [2.05, 4.69) is 5.32 Å². The summed E-state index contributed by atoms with van der Waals surface area (Å²) in [7, 11) is 1.66. The van der Waals surface area contributed by atoms with Gasteiger partial charge in [0, 0.05) is 37.3 Å². The normalized spacial score (nSPS) is 22.3. The fourth-order valence-electron chi connectivity index (χ4n) is 3.82. The van der Waals surface area contributed by atoms with Crippen molar-refractivity contribution in [2.45, 2.75) is 24.8 Å². The van der Waals surface area contributed by atoms with Crippen LogP contribution in [-0.4, -0.2) is 58.5 Å². The second-order valence-corrected chi connectivity index (χ2v) is 7.01. The van der Waals surface area contributed by atoms with Crippen molar-refractivity contribution >= 4 is 35.2 Å². The van der Waals surface area contributed by atoms with Crippen molar-refractivity contribution in [3.8, 4) is 0 Å². The van der Waals surface area contributed by atoms with Gasteiger partial charge in [-0.15, -0.1) is 0 Å². The van der Waals surface area contributed by atoms with Crippen LogP contribution in [0.4, 0.5) is 10.5 Å². The van der Waals surface area contributed by atoms with Crippen LogP contribution in [0.2, 0.25) is 5.02 Å². The average molecular weight is 366 g/mol. The summed E-state index contributed by atoms with van der Waals surface area (Å²) in [5.41, 5.74) is -0.0498. The molecule has 3 amide bonds. The van der Waals surface area contributed by atoms with Gasteiger partial charge in [-0.3, -0.25) is 9.59 Å². The number of piperidine rings is 1. The molecule has 2 fully saturated rings. The van der Waals surface area contributed by atoms with E-state index in [1.54, 1.807) is 41.1 Å². The van der Waals surface area contributed by atoms with Gasteiger partial charge in [-0.05, 0) is 37.1 Å². The first kappa shape index (κ1) is 17.5. The first-order chi connectivity index (χ1) is 11.8. The van der Waals surface area contributed by atoms with Crippen LogP contribution in [-0.2, 0) is 9.59 Å². The summed E-state index contributed by atoms with van der Waals surface area (Å²) >= 11 is 5.83. The zero-order valence-electron chi connectivity index (χ0n) is 13.9. The molecule has 25 heavy (non-hydrogen) atoms. The van der Waals surface area contributed by atoms with E-state index in [1.807, 2.05) is 0 Å². The lowest BCUT2D eigenvalue weighted by atomic mass is 9.77. The highest BCUT2D eigenvalue weighted by Gasteiger charge is 2.55. The van der Waals surface area contributed by atoms with Crippen molar-refractivity contribution in [1.82, 2.24) is 9.80 Å². The third-order valence-corrected chi connectivity index (χ3v) is 5.63. The number of carboxylic acids is 1. The average Bonchev–Trinajstić information content (AvgIpc) is 2.83. The SMILES string of the molecule is CN1C(=O)C[C@H](C(=O)O)C12CCN(C(=O)Nc1ccc(Cl)cc1)CC2. The number of carboxylic acid groups (broad SMARTS) is 1. The lowest BCUT2D eigenvalue weighted by Gasteiger charge is -2.45. The molecular formula is C17H20ClN3O4. The third-order valence-electron chi connectivity index (χ3n) is 5.38. The highest BCUT2D eigenvalue weighted by atomic mass is 35.5. The van der Waals surface area contributed by atoms with Crippen molar-refractivity contribution in [2.75, 3.05) is 25.5 Å². The number of hydrogen-bond acceptors (Lipinski definition) is 3. The zero-order chi connectivity index (χ0) is 18.2. The molecular weight excluding hydrogens is 346 g/mol. The van der Waals surface area contributed by atoms with Crippen LogP contribution in [0.5, 0.6) is 0 Å². The van der Waals surface area contributed by atoms with Gasteiger partial charge in [-0.2, -0.15) is 0 Å². The van der Waals surface area contributed by atoms with Gasteiger partial charge >= 0.3 is 12.0 Å². The number of nitrogens with zero attached hydrogens (tertiary/aromatic N) is 2. The Labute approximate surface area is 150 Å². The number of rotatable bonds is 2.